The molecule has 0 bridgehead atoms. The maximum absolute atomic E-state index is 12.9. The Morgan fingerprint density at radius 2 is 1.70 bits per heavy atom. The molecular formula is C25H31BrN3O3P. The third-order valence-electron chi connectivity index (χ3n) is 5.84. The predicted molar refractivity (Wildman–Crippen MR) is 138 cm³/mol. The first-order chi connectivity index (χ1) is 16.0. The molecule has 0 amide bonds. The van der Waals surface area contributed by atoms with Gasteiger partial charge < -0.3 is 14.4 Å². The smallest absolute Gasteiger partial charge is 0.335 e. The predicted octanol–water partition coefficient (Wildman–Crippen LogP) is 7.57. The Balaban J connectivity index is 1.63. The minimum atomic E-state index is -3.14. The van der Waals surface area contributed by atoms with Gasteiger partial charge in [-0.2, -0.15) is 0 Å². The number of rotatable bonds is 9. The largest absolute Gasteiger partial charge is 0.367 e. The SMILES string of the molecule is CCOP(=O)(Cc1ccc(-c2nc(NC3CCCCC3)c3cc(Br)ccc3n2)cc1)OCC. The van der Waals surface area contributed by atoms with Crippen LogP contribution in [0.15, 0.2) is 46.9 Å². The van der Waals surface area contributed by atoms with Crippen LogP contribution in [0.4, 0.5) is 5.82 Å². The Labute approximate surface area is 204 Å². The lowest BCUT2D eigenvalue weighted by Crippen LogP contribution is -2.23. The molecule has 1 aromatic heterocycles. The van der Waals surface area contributed by atoms with Crippen molar-refractivity contribution in [3.05, 3.63) is 52.5 Å². The number of hydrogen-bond acceptors (Lipinski definition) is 6. The van der Waals surface area contributed by atoms with Gasteiger partial charge >= 0.3 is 7.60 Å². The Hall–Kier alpha value is -1.79. The zero-order valence-corrected chi connectivity index (χ0v) is 21.7. The summed E-state index contributed by atoms with van der Waals surface area (Å²) in [6.07, 6.45) is 6.41. The van der Waals surface area contributed by atoms with Crippen LogP contribution in [0.3, 0.4) is 0 Å². The number of fused-ring (bicyclic) bond motifs is 1. The van der Waals surface area contributed by atoms with Gasteiger partial charge in [0, 0.05) is 21.5 Å². The van der Waals surface area contributed by atoms with Crippen molar-refractivity contribution in [2.75, 3.05) is 18.5 Å². The Morgan fingerprint density at radius 3 is 2.36 bits per heavy atom. The summed E-state index contributed by atoms with van der Waals surface area (Å²) in [5, 5.41) is 4.71. The number of nitrogens with zero attached hydrogens (tertiary/aromatic N) is 2. The Morgan fingerprint density at radius 1 is 1.00 bits per heavy atom. The Bertz CT molecular complexity index is 1120. The fourth-order valence-corrected chi connectivity index (χ4v) is 6.35. The van der Waals surface area contributed by atoms with Gasteiger partial charge in [0.15, 0.2) is 5.82 Å². The molecule has 0 aliphatic heterocycles. The number of aromatic nitrogens is 2. The van der Waals surface area contributed by atoms with Crippen molar-refractivity contribution in [2.45, 2.75) is 58.2 Å². The molecule has 6 nitrogen and oxygen atoms in total. The molecule has 0 unspecified atom stereocenters. The summed E-state index contributed by atoms with van der Waals surface area (Å²) in [6, 6.07) is 14.4. The molecule has 1 aliphatic rings. The van der Waals surface area contributed by atoms with Gasteiger partial charge in [0.2, 0.25) is 0 Å². The van der Waals surface area contributed by atoms with Crippen molar-refractivity contribution in [2.24, 2.45) is 0 Å². The molecule has 1 saturated carbocycles. The molecule has 8 heteroatoms. The van der Waals surface area contributed by atoms with Crippen LogP contribution in [0.5, 0.6) is 0 Å². The maximum atomic E-state index is 12.9. The summed E-state index contributed by atoms with van der Waals surface area (Å²) < 4.78 is 24.7. The number of benzene rings is 2. The summed E-state index contributed by atoms with van der Waals surface area (Å²) in [6.45, 7) is 4.35. The Kier molecular flexibility index (Phi) is 8.18. The van der Waals surface area contributed by atoms with E-state index in [0.717, 1.165) is 32.3 Å². The highest BCUT2D eigenvalue weighted by molar-refractivity contribution is 9.10. The van der Waals surface area contributed by atoms with Crippen molar-refractivity contribution < 1.29 is 13.6 Å². The minimum absolute atomic E-state index is 0.246. The fraction of sp³-hybridized carbons (Fsp3) is 0.440. The quantitative estimate of drug-likeness (QED) is 0.287. The molecule has 1 N–H and O–H groups in total. The van der Waals surface area contributed by atoms with Gasteiger partial charge in [-0.05, 0) is 50.5 Å². The van der Waals surface area contributed by atoms with Crippen LogP contribution in [-0.2, 0) is 19.8 Å². The molecule has 1 heterocycles. The van der Waals surface area contributed by atoms with Crippen molar-refractivity contribution >= 4 is 40.2 Å². The second kappa shape index (κ2) is 11.1. The van der Waals surface area contributed by atoms with Crippen LogP contribution in [0.2, 0.25) is 0 Å². The minimum Gasteiger partial charge on any atom is -0.367 e. The average molecular weight is 532 g/mol. The molecule has 0 saturated heterocycles. The van der Waals surface area contributed by atoms with Crippen LogP contribution in [0.1, 0.15) is 51.5 Å². The molecule has 3 aromatic rings. The summed E-state index contributed by atoms with van der Waals surface area (Å²) in [4.78, 5) is 9.75. The van der Waals surface area contributed by atoms with E-state index in [-0.39, 0.29) is 6.16 Å². The third-order valence-corrected chi connectivity index (χ3v) is 8.39. The lowest BCUT2D eigenvalue weighted by molar-refractivity contribution is 0.219. The monoisotopic (exact) mass is 531 g/mol. The summed E-state index contributed by atoms with van der Waals surface area (Å²) in [5.41, 5.74) is 2.72. The molecule has 33 heavy (non-hydrogen) atoms. The third kappa shape index (κ3) is 6.21. The molecule has 1 aliphatic carbocycles. The molecule has 1 fully saturated rings. The van der Waals surface area contributed by atoms with E-state index in [0.29, 0.717) is 25.1 Å². The normalized spacial score (nSPS) is 15.1. The first kappa shape index (κ1) is 24.3. The van der Waals surface area contributed by atoms with Crippen LogP contribution in [0, 0.1) is 0 Å². The summed E-state index contributed by atoms with van der Waals surface area (Å²) in [5.74, 6) is 1.55. The zero-order valence-electron chi connectivity index (χ0n) is 19.2. The van der Waals surface area contributed by atoms with Gasteiger partial charge in [0.1, 0.15) is 5.82 Å². The first-order valence-electron chi connectivity index (χ1n) is 11.7. The second-order valence-electron chi connectivity index (χ2n) is 8.34. The van der Waals surface area contributed by atoms with Crippen molar-refractivity contribution in [3.63, 3.8) is 0 Å². The van der Waals surface area contributed by atoms with Crippen LogP contribution in [0.25, 0.3) is 22.3 Å². The van der Waals surface area contributed by atoms with Crippen molar-refractivity contribution in [3.8, 4) is 11.4 Å². The van der Waals surface area contributed by atoms with Gasteiger partial charge in [0.25, 0.3) is 0 Å². The van der Waals surface area contributed by atoms with Crippen LogP contribution < -0.4 is 5.32 Å². The van der Waals surface area contributed by atoms with E-state index in [1.54, 1.807) is 0 Å². The van der Waals surface area contributed by atoms with E-state index < -0.39 is 7.60 Å². The van der Waals surface area contributed by atoms with Gasteiger partial charge in [0.05, 0.1) is 24.9 Å². The average Bonchev–Trinajstić information content (AvgIpc) is 2.81. The fourth-order valence-electron chi connectivity index (χ4n) is 4.28. The first-order valence-corrected chi connectivity index (χ1v) is 14.2. The van der Waals surface area contributed by atoms with E-state index in [1.165, 1.54) is 32.1 Å². The highest BCUT2D eigenvalue weighted by Gasteiger charge is 2.24. The number of hydrogen-bond donors (Lipinski definition) is 1. The van der Waals surface area contributed by atoms with Gasteiger partial charge in [-0.1, -0.05) is 59.5 Å². The van der Waals surface area contributed by atoms with Gasteiger partial charge in [-0.25, -0.2) is 9.97 Å². The van der Waals surface area contributed by atoms with E-state index in [2.05, 4.69) is 27.3 Å². The van der Waals surface area contributed by atoms with E-state index >= 15 is 0 Å². The maximum Gasteiger partial charge on any atom is 0.335 e. The van der Waals surface area contributed by atoms with Crippen LogP contribution in [-0.4, -0.2) is 29.2 Å². The molecular weight excluding hydrogens is 501 g/mol. The second-order valence-corrected chi connectivity index (χ2v) is 11.3. The van der Waals surface area contributed by atoms with E-state index in [4.69, 9.17) is 19.0 Å². The number of nitrogens with one attached hydrogen (secondary N) is 1. The van der Waals surface area contributed by atoms with Crippen molar-refractivity contribution in [1.29, 1.82) is 0 Å². The molecule has 2 aromatic carbocycles. The number of anilines is 1. The van der Waals surface area contributed by atoms with Crippen LogP contribution >= 0.6 is 23.5 Å². The number of halogens is 1. The summed E-state index contributed by atoms with van der Waals surface area (Å²) in [7, 11) is -3.14. The molecule has 0 atom stereocenters. The van der Waals surface area contributed by atoms with Crippen molar-refractivity contribution in [1.82, 2.24) is 9.97 Å². The summed E-state index contributed by atoms with van der Waals surface area (Å²) >= 11 is 3.58. The molecule has 0 spiro atoms. The highest BCUT2D eigenvalue weighted by Crippen LogP contribution is 2.51. The lowest BCUT2D eigenvalue weighted by atomic mass is 9.95. The standard InChI is InChI=1S/C25H31BrN3O3P/c1-3-31-33(30,32-4-2)17-18-10-12-19(13-11-18)24-28-23-15-14-20(26)16-22(23)25(29-24)27-21-8-6-5-7-9-21/h10-16,21H,3-9,17H2,1-2H3,(H,27,28,29). The molecule has 0 radical (unpaired) electrons. The lowest BCUT2D eigenvalue weighted by Gasteiger charge is -2.24. The topological polar surface area (TPSA) is 73.3 Å². The zero-order chi connectivity index (χ0) is 23.3. The van der Waals surface area contributed by atoms with Gasteiger partial charge in [-0.15, -0.1) is 0 Å². The van der Waals surface area contributed by atoms with E-state index in [1.807, 2.05) is 50.2 Å². The molecule has 176 valence electrons. The molecule has 4 rings (SSSR count). The van der Waals surface area contributed by atoms with Gasteiger partial charge in [-0.3, -0.25) is 4.57 Å². The highest BCUT2D eigenvalue weighted by atomic mass is 79.9. The van der Waals surface area contributed by atoms with E-state index in [9.17, 15) is 4.57 Å².